The molecule has 1 amide bonds. The van der Waals surface area contributed by atoms with Gasteiger partial charge in [-0.3, -0.25) is 4.79 Å². The molecular weight excluding hydrogens is 284 g/mol. The van der Waals surface area contributed by atoms with Crippen LogP contribution in [0, 0.1) is 5.41 Å². The highest BCUT2D eigenvalue weighted by molar-refractivity contribution is 5.87. The van der Waals surface area contributed by atoms with Gasteiger partial charge in [-0.05, 0) is 38.8 Å². The number of halogens is 1. The molecule has 2 atom stereocenters. The van der Waals surface area contributed by atoms with Gasteiger partial charge in [0.1, 0.15) is 0 Å². The minimum atomic E-state index is -0.218. The predicted molar refractivity (Wildman–Crippen MR) is 87.8 cm³/mol. The minimum absolute atomic E-state index is 0. The van der Waals surface area contributed by atoms with Gasteiger partial charge < -0.3 is 10.2 Å². The normalized spacial score (nSPS) is 29.0. The van der Waals surface area contributed by atoms with Crippen LogP contribution in [0.1, 0.15) is 38.2 Å². The Hall–Kier alpha value is -1.06. The van der Waals surface area contributed by atoms with E-state index >= 15 is 0 Å². The lowest BCUT2D eigenvalue weighted by Crippen LogP contribution is -2.48. The van der Waals surface area contributed by atoms with E-state index in [-0.39, 0.29) is 23.9 Å². The summed E-state index contributed by atoms with van der Waals surface area (Å²) in [5.41, 5.74) is 1.09. The number of amides is 1. The minimum Gasteiger partial charge on any atom is -0.339 e. The number of carbonyl (C=O) groups excluding carboxylic acids is 1. The molecular formula is C17H25ClN2O. The van der Waals surface area contributed by atoms with E-state index in [2.05, 4.69) is 48.3 Å². The van der Waals surface area contributed by atoms with Crippen LogP contribution < -0.4 is 5.32 Å². The molecule has 0 saturated carbocycles. The Morgan fingerprint density at radius 1 is 1.29 bits per heavy atom. The van der Waals surface area contributed by atoms with E-state index in [0.29, 0.717) is 11.8 Å². The highest BCUT2D eigenvalue weighted by atomic mass is 35.5. The molecule has 2 aliphatic rings. The van der Waals surface area contributed by atoms with E-state index in [1.54, 1.807) is 0 Å². The summed E-state index contributed by atoms with van der Waals surface area (Å²) in [6.45, 7) is 6.97. The molecule has 4 heteroatoms. The Morgan fingerprint density at radius 2 is 2.00 bits per heavy atom. The molecule has 0 radical (unpaired) electrons. The standard InChI is InChI=1S/C17H24N2O.ClH/c1-13(2)19-11-15(14-7-4-3-5-8-14)17(16(19)20)9-6-10-18-12-17;/h3-5,7-8,13,15,18H,6,9-12H2,1-2H3;1H. The van der Waals surface area contributed by atoms with Crippen LogP contribution in [0.3, 0.4) is 0 Å². The van der Waals surface area contributed by atoms with Crippen molar-refractivity contribution in [2.75, 3.05) is 19.6 Å². The molecule has 2 heterocycles. The number of carbonyl (C=O) groups is 1. The predicted octanol–water partition coefficient (Wildman–Crippen LogP) is 2.81. The maximum absolute atomic E-state index is 13.0. The number of rotatable bonds is 2. The molecule has 3 rings (SSSR count). The second-order valence-corrected chi connectivity index (χ2v) is 6.45. The fourth-order valence-electron chi connectivity index (χ4n) is 3.85. The molecule has 0 aromatic heterocycles. The highest BCUT2D eigenvalue weighted by Gasteiger charge is 2.54. The lowest BCUT2D eigenvalue weighted by molar-refractivity contribution is -0.138. The zero-order valence-electron chi connectivity index (χ0n) is 12.8. The Morgan fingerprint density at radius 3 is 2.57 bits per heavy atom. The zero-order chi connectivity index (χ0) is 14.2. The largest absolute Gasteiger partial charge is 0.339 e. The van der Waals surface area contributed by atoms with Gasteiger partial charge in [-0.15, -0.1) is 12.4 Å². The number of hydrogen-bond donors (Lipinski definition) is 1. The maximum Gasteiger partial charge on any atom is 0.231 e. The van der Waals surface area contributed by atoms with Gasteiger partial charge in [0.25, 0.3) is 0 Å². The molecule has 0 aliphatic carbocycles. The molecule has 0 bridgehead atoms. The molecule has 1 aromatic rings. The topological polar surface area (TPSA) is 32.3 Å². The maximum atomic E-state index is 13.0. The van der Waals surface area contributed by atoms with Crippen LogP contribution in [0.15, 0.2) is 30.3 Å². The smallest absolute Gasteiger partial charge is 0.231 e. The Balaban J connectivity index is 0.00000161. The molecule has 116 valence electrons. The third-order valence-electron chi connectivity index (χ3n) is 4.98. The van der Waals surface area contributed by atoms with Gasteiger partial charge in [0.15, 0.2) is 0 Å². The third-order valence-corrected chi connectivity index (χ3v) is 4.98. The Labute approximate surface area is 133 Å². The van der Waals surface area contributed by atoms with Gasteiger partial charge in [-0.25, -0.2) is 0 Å². The monoisotopic (exact) mass is 308 g/mol. The van der Waals surface area contributed by atoms with E-state index in [4.69, 9.17) is 0 Å². The van der Waals surface area contributed by atoms with Crippen molar-refractivity contribution in [3.8, 4) is 0 Å². The molecule has 2 saturated heterocycles. The van der Waals surface area contributed by atoms with Crippen molar-refractivity contribution in [3.63, 3.8) is 0 Å². The first-order valence-electron chi connectivity index (χ1n) is 7.72. The number of hydrogen-bond acceptors (Lipinski definition) is 2. The lowest BCUT2D eigenvalue weighted by atomic mass is 9.69. The van der Waals surface area contributed by atoms with Crippen molar-refractivity contribution >= 4 is 18.3 Å². The number of piperidine rings is 1. The van der Waals surface area contributed by atoms with Crippen LogP contribution in [0.2, 0.25) is 0 Å². The first-order valence-corrected chi connectivity index (χ1v) is 7.72. The summed E-state index contributed by atoms with van der Waals surface area (Å²) < 4.78 is 0. The van der Waals surface area contributed by atoms with E-state index in [1.807, 2.05) is 6.07 Å². The number of benzene rings is 1. The summed E-state index contributed by atoms with van der Waals surface area (Å²) >= 11 is 0. The van der Waals surface area contributed by atoms with Crippen LogP contribution in [-0.4, -0.2) is 36.5 Å². The fourth-order valence-corrected chi connectivity index (χ4v) is 3.85. The summed E-state index contributed by atoms with van der Waals surface area (Å²) in [6, 6.07) is 10.9. The lowest BCUT2D eigenvalue weighted by Gasteiger charge is -2.37. The van der Waals surface area contributed by atoms with Crippen LogP contribution in [-0.2, 0) is 4.79 Å². The van der Waals surface area contributed by atoms with E-state index < -0.39 is 0 Å². The molecule has 1 spiro atoms. The summed E-state index contributed by atoms with van der Waals surface area (Å²) in [4.78, 5) is 15.1. The number of nitrogens with zero attached hydrogens (tertiary/aromatic N) is 1. The average Bonchev–Trinajstić information content (AvgIpc) is 2.75. The Kier molecular flexibility index (Phi) is 4.95. The van der Waals surface area contributed by atoms with Crippen LogP contribution in [0.25, 0.3) is 0 Å². The fraction of sp³-hybridized carbons (Fsp3) is 0.588. The molecule has 2 unspecified atom stereocenters. The van der Waals surface area contributed by atoms with Crippen molar-refractivity contribution < 1.29 is 4.79 Å². The van der Waals surface area contributed by atoms with Gasteiger partial charge in [-0.2, -0.15) is 0 Å². The first-order chi connectivity index (χ1) is 9.65. The molecule has 1 N–H and O–H groups in total. The van der Waals surface area contributed by atoms with Crippen molar-refractivity contribution in [3.05, 3.63) is 35.9 Å². The van der Waals surface area contributed by atoms with E-state index in [0.717, 1.165) is 32.5 Å². The summed E-state index contributed by atoms with van der Waals surface area (Å²) in [6.07, 6.45) is 2.11. The van der Waals surface area contributed by atoms with Gasteiger partial charge in [0.05, 0.1) is 5.41 Å². The highest BCUT2D eigenvalue weighted by Crippen LogP contribution is 2.48. The van der Waals surface area contributed by atoms with Crippen LogP contribution >= 0.6 is 12.4 Å². The van der Waals surface area contributed by atoms with Crippen molar-refractivity contribution in [1.29, 1.82) is 0 Å². The zero-order valence-corrected chi connectivity index (χ0v) is 13.7. The van der Waals surface area contributed by atoms with Crippen molar-refractivity contribution in [2.45, 2.75) is 38.6 Å². The molecule has 2 fully saturated rings. The van der Waals surface area contributed by atoms with Crippen molar-refractivity contribution in [2.24, 2.45) is 5.41 Å². The second kappa shape index (κ2) is 6.37. The molecule has 3 nitrogen and oxygen atoms in total. The molecule has 21 heavy (non-hydrogen) atoms. The van der Waals surface area contributed by atoms with Crippen LogP contribution in [0.5, 0.6) is 0 Å². The number of nitrogens with one attached hydrogen (secondary N) is 1. The molecule has 2 aliphatic heterocycles. The SMILES string of the molecule is CC(C)N1CC(c2ccccc2)C2(CCCNC2)C1=O.Cl. The van der Waals surface area contributed by atoms with Gasteiger partial charge in [-0.1, -0.05) is 30.3 Å². The van der Waals surface area contributed by atoms with Gasteiger partial charge in [0, 0.05) is 25.0 Å². The van der Waals surface area contributed by atoms with Gasteiger partial charge in [0.2, 0.25) is 5.91 Å². The summed E-state index contributed by atoms with van der Waals surface area (Å²) in [7, 11) is 0. The molecule has 1 aromatic carbocycles. The van der Waals surface area contributed by atoms with E-state index in [9.17, 15) is 4.79 Å². The van der Waals surface area contributed by atoms with E-state index in [1.165, 1.54) is 5.56 Å². The number of likely N-dealkylation sites (tertiary alicyclic amines) is 1. The second-order valence-electron chi connectivity index (χ2n) is 6.45. The Bertz CT molecular complexity index is 483. The third kappa shape index (κ3) is 2.69. The van der Waals surface area contributed by atoms with Crippen molar-refractivity contribution in [1.82, 2.24) is 10.2 Å². The summed E-state index contributed by atoms with van der Waals surface area (Å²) in [5, 5.41) is 3.46. The van der Waals surface area contributed by atoms with Gasteiger partial charge >= 0.3 is 0 Å². The first kappa shape index (κ1) is 16.3. The summed E-state index contributed by atoms with van der Waals surface area (Å²) in [5.74, 6) is 0.681. The van der Waals surface area contributed by atoms with Crippen LogP contribution in [0.4, 0.5) is 0 Å². The average molecular weight is 309 g/mol. The quantitative estimate of drug-likeness (QED) is 0.911.